The Labute approximate surface area is 210 Å². The summed E-state index contributed by atoms with van der Waals surface area (Å²) in [6.45, 7) is 3.86. The van der Waals surface area contributed by atoms with Gasteiger partial charge in [0.15, 0.2) is 0 Å². The van der Waals surface area contributed by atoms with Crippen LogP contribution in [0.4, 0.5) is 5.69 Å². The van der Waals surface area contributed by atoms with E-state index in [4.69, 9.17) is 4.74 Å². The third-order valence-electron chi connectivity index (χ3n) is 6.71. The van der Waals surface area contributed by atoms with Crippen molar-refractivity contribution in [2.45, 2.75) is 38.9 Å². The molecule has 3 aromatic carbocycles. The lowest BCUT2D eigenvalue weighted by Gasteiger charge is -2.26. The van der Waals surface area contributed by atoms with Crippen molar-refractivity contribution in [3.8, 4) is 5.75 Å². The molecule has 184 valence electrons. The molecule has 1 N–H and O–H groups in total. The Morgan fingerprint density at radius 1 is 1.00 bits per heavy atom. The highest BCUT2D eigenvalue weighted by molar-refractivity contribution is 6.11. The van der Waals surface area contributed by atoms with E-state index in [0.717, 1.165) is 23.3 Å². The number of carbonyl (C=O) groups is 3. The Kier molecular flexibility index (Phi) is 6.71. The first-order valence-electron chi connectivity index (χ1n) is 12.4. The molecule has 3 amide bonds. The minimum Gasteiger partial charge on any atom is -0.494 e. The van der Waals surface area contributed by atoms with E-state index in [1.165, 1.54) is 0 Å². The lowest BCUT2D eigenvalue weighted by molar-refractivity contribution is -0.122. The average molecular weight is 484 g/mol. The van der Waals surface area contributed by atoms with Crippen LogP contribution in [-0.2, 0) is 17.9 Å². The Morgan fingerprint density at radius 2 is 1.81 bits per heavy atom. The molecule has 0 spiro atoms. The fraction of sp³-hybridized carbons (Fsp3) is 0.276. The minimum atomic E-state index is -0.420. The van der Waals surface area contributed by atoms with Gasteiger partial charge in [-0.1, -0.05) is 36.4 Å². The number of anilines is 1. The lowest BCUT2D eigenvalue weighted by Crippen LogP contribution is -2.44. The number of ether oxygens (including phenoxy) is 1. The molecule has 5 rings (SSSR count). The second kappa shape index (κ2) is 10.2. The van der Waals surface area contributed by atoms with E-state index < -0.39 is 6.04 Å². The number of nitrogens with zero attached hydrogens (tertiary/aromatic N) is 2. The number of nitrogens with one attached hydrogen (secondary N) is 1. The second-order valence-electron chi connectivity index (χ2n) is 9.06. The summed E-state index contributed by atoms with van der Waals surface area (Å²) in [4.78, 5) is 42.7. The molecule has 0 bridgehead atoms. The molecule has 0 saturated carbocycles. The van der Waals surface area contributed by atoms with Crippen LogP contribution >= 0.6 is 0 Å². The van der Waals surface area contributed by atoms with Crippen molar-refractivity contribution in [2.24, 2.45) is 0 Å². The number of hydrogen-bond acceptors (Lipinski definition) is 4. The van der Waals surface area contributed by atoms with E-state index in [1.807, 2.05) is 61.5 Å². The maximum absolute atomic E-state index is 13.5. The highest BCUT2D eigenvalue weighted by atomic mass is 16.5. The van der Waals surface area contributed by atoms with Gasteiger partial charge in [0.1, 0.15) is 11.8 Å². The Bertz CT molecular complexity index is 1290. The maximum atomic E-state index is 13.5. The van der Waals surface area contributed by atoms with Crippen molar-refractivity contribution in [3.05, 3.63) is 95.1 Å². The van der Waals surface area contributed by atoms with Crippen LogP contribution in [0, 0.1) is 0 Å². The summed E-state index contributed by atoms with van der Waals surface area (Å²) < 4.78 is 5.52. The Morgan fingerprint density at radius 3 is 2.61 bits per heavy atom. The first kappa shape index (κ1) is 23.6. The van der Waals surface area contributed by atoms with Crippen LogP contribution in [-0.4, -0.2) is 41.8 Å². The molecule has 0 aromatic heterocycles. The number of amides is 3. The van der Waals surface area contributed by atoms with Crippen LogP contribution in [0.15, 0.2) is 72.8 Å². The number of rotatable bonds is 7. The van der Waals surface area contributed by atoms with Crippen molar-refractivity contribution in [2.75, 3.05) is 18.1 Å². The van der Waals surface area contributed by atoms with Gasteiger partial charge >= 0.3 is 0 Å². The summed E-state index contributed by atoms with van der Waals surface area (Å²) in [6, 6.07) is 21.8. The molecule has 1 saturated heterocycles. The molecule has 1 atom stereocenters. The predicted octanol–water partition coefficient (Wildman–Crippen LogP) is 4.17. The van der Waals surface area contributed by atoms with Gasteiger partial charge in [0.25, 0.3) is 11.8 Å². The normalized spacial score (nSPS) is 16.9. The summed E-state index contributed by atoms with van der Waals surface area (Å²) in [7, 11) is 0. The largest absolute Gasteiger partial charge is 0.494 e. The van der Waals surface area contributed by atoms with Crippen LogP contribution in [0.1, 0.15) is 51.6 Å². The summed E-state index contributed by atoms with van der Waals surface area (Å²) >= 11 is 0. The Balaban J connectivity index is 1.29. The smallest absolute Gasteiger partial charge is 0.256 e. The highest BCUT2D eigenvalue weighted by Crippen LogP contribution is 2.33. The standard InChI is InChI=1S/C29H29N3O4/c1-2-36-23-8-5-7-21(17-23)18-30-27(33)22-14-12-20(13-15-22)19-32-25-10-4-3-9-24(25)28(34)31-16-6-11-26(31)29(32)35/h3-5,7-10,12-15,17,26H,2,6,11,16,18-19H2,1H3,(H,30,33). The number of carbonyl (C=O) groups excluding carboxylic acids is 3. The number of fused-ring (bicyclic) bond motifs is 2. The summed E-state index contributed by atoms with van der Waals surface area (Å²) in [5.74, 6) is 0.470. The molecule has 2 aliphatic heterocycles. The summed E-state index contributed by atoms with van der Waals surface area (Å²) in [6.07, 6.45) is 1.51. The quantitative estimate of drug-likeness (QED) is 0.547. The first-order valence-corrected chi connectivity index (χ1v) is 12.4. The molecule has 0 radical (unpaired) electrons. The maximum Gasteiger partial charge on any atom is 0.256 e. The van der Waals surface area contributed by atoms with Gasteiger partial charge in [-0.3, -0.25) is 14.4 Å². The number of benzene rings is 3. The van der Waals surface area contributed by atoms with Crippen molar-refractivity contribution in [1.82, 2.24) is 10.2 Å². The predicted molar refractivity (Wildman–Crippen MR) is 137 cm³/mol. The molecule has 3 aromatic rings. The third kappa shape index (κ3) is 4.69. The molecule has 36 heavy (non-hydrogen) atoms. The summed E-state index contributed by atoms with van der Waals surface area (Å²) in [5.41, 5.74) is 3.58. The molecular formula is C29H29N3O4. The molecule has 7 heteroatoms. The zero-order valence-electron chi connectivity index (χ0n) is 20.3. The van der Waals surface area contributed by atoms with Crippen molar-refractivity contribution in [1.29, 1.82) is 0 Å². The molecule has 2 heterocycles. The van der Waals surface area contributed by atoms with Crippen LogP contribution in [0.3, 0.4) is 0 Å². The van der Waals surface area contributed by atoms with Crippen molar-refractivity contribution in [3.63, 3.8) is 0 Å². The van der Waals surface area contributed by atoms with Gasteiger partial charge in [-0.05, 0) is 67.3 Å². The average Bonchev–Trinajstić information content (AvgIpc) is 3.38. The van der Waals surface area contributed by atoms with Gasteiger partial charge in [-0.25, -0.2) is 0 Å². The van der Waals surface area contributed by atoms with Crippen LogP contribution in [0.5, 0.6) is 5.75 Å². The van der Waals surface area contributed by atoms with Crippen LogP contribution < -0.4 is 15.0 Å². The van der Waals surface area contributed by atoms with Crippen LogP contribution in [0.2, 0.25) is 0 Å². The number of para-hydroxylation sites is 1. The molecule has 1 fully saturated rings. The van der Waals surface area contributed by atoms with E-state index in [9.17, 15) is 14.4 Å². The van der Waals surface area contributed by atoms with Gasteiger partial charge in [0.05, 0.1) is 24.4 Å². The molecule has 1 unspecified atom stereocenters. The minimum absolute atomic E-state index is 0.0538. The topological polar surface area (TPSA) is 79.0 Å². The van der Waals surface area contributed by atoms with E-state index in [1.54, 1.807) is 28.0 Å². The van der Waals surface area contributed by atoms with Gasteiger partial charge in [-0.15, -0.1) is 0 Å². The second-order valence-corrected chi connectivity index (χ2v) is 9.06. The molecule has 2 aliphatic rings. The van der Waals surface area contributed by atoms with Gasteiger partial charge in [0.2, 0.25) is 5.91 Å². The molecule has 0 aliphatic carbocycles. The zero-order chi connectivity index (χ0) is 25.1. The van der Waals surface area contributed by atoms with Gasteiger partial charge in [-0.2, -0.15) is 0 Å². The van der Waals surface area contributed by atoms with Crippen molar-refractivity contribution >= 4 is 23.4 Å². The van der Waals surface area contributed by atoms with Crippen LogP contribution in [0.25, 0.3) is 0 Å². The van der Waals surface area contributed by atoms with Gasteiger partial charge in [0, 0.05) is 18.7 Å². The highest BCUT2D eigenvalue weighted by Gasteiger charge is 2.41. The zero-order valence-corrected chi connectivity index (χ0v) is 20.3. The number of hydrogen-bond donors (Lipinski definition) is 1. The van der Waals surface area contributed by atoms with E-state index in [0.29, 0.717) is 49.5 Å². The molecular weight excluding hydrogens is 454 g/mol. The van der Waals surface area contributed by atoms with Crippen molar-refractivity contribution < 1.29 is 19.1 Å². The Hall–Kier alpha value is -4.13. The SMILES string of the molecule is CCOc1cccc(CNC(=O)c2ccc(CN3C(=O)C4CCCN4C(=O)c4ccccc43)cc2)c1. The summed E-state index contributed by atoms with van der Waals surface area (Å²) in [5, 5.41) is 2.94. The first-order chi connectivity index (χ1) is 17.5. The van der Waals surface area contributed by atoms with E-state index in [2.05, 4.69) is 5.32 Å². The fourth-order valence-electron chi connectivity index (χ4n) is 4.91. The molecule has 7 nitrogen and oxygen atoms in total. The van der Waals surface area contributed by atoms with E-state index in [-0.39, 0.29) is 17.7 Å². The monoisotopic (exact) mass is 483 g/mol. The van der Waals surface area contributed by atoms with E-state index >= 15 is 0 Å². The van der Waals surface area contributed by atoms with Gasteiger partial charge < -0.3 is 19.9 Å². The fourth-order valence-corrected chi connectivity index (χ4v) is 4.91. The lowest BCUT2D eigenvalue weighted by atomic mass is 10.1. The third-order valence-corrected chi connectivity index (χ3v) is 6.71.